The van der Waals surface area contributed by atoms with Gasteiger partial charge in [-0.05, 0) is 37.6 Å². The number of sulfonamides is 1. The minimum absolute atomic E-state index is 0.279. The van der Waals surface area contributed by atoms with E-state index in [4.69, 9.17) is 0 Å². The van der Waals surface area contributed by atoms with Crippen molar-refractivity contribution in [2.45, 2.75) is 51.1 Å². The van der Waals surface area contributed by atoms with Gasteiger partial charge in [0.1, 0.15) is 4.90 Å². The van der Waals surface area contributed by atoms with E-state index >= 15 is 0 Å². The standard InChI is InChI=1S/C14H22F2N2O2S/c1-4-6-10(3)18-21(19,20)13-8-11(9-17-5-2)7-12(15)14(13)16/h7-8,10,17-18H,4-6,9H2,1-3H3. The van der Waals surface area contributed by atoms with Gasteiger partial charge < -0.3 is 5.32 Å². The fourth-order valence-corrected chi connectivity index (χ4v) is 3.42. The van der Waals surface area contributed by atoms with Crippen molar-refractivity contribution >= 4 is 10.0 Å². The first-order chi connectivity index (χ1) is 9.81. The van der Waals surface area contributed by atoms with E-state index in [-0.39, 0.29) is 12.6 Å². The summed E-state index contributed by atoms with van der Waals surface area (Å²) in [5.41, 5.74) is 0.388. The molecule has 0 aliphatic rings. The summed E-state index contributed by atoms with van der Waals surface area (Å²) in [5.74, 6) is -2.50. The molecule has 1 rings (SSSR count). The van der Waals surface area contributed by atoms with Gasteiger partial charge in [0.2, 0.25) is 10.0 Å². The number of nitrogens with one attached hydrogen (secondary N) is 2. The van der Waals surface area contributed by atoms with Crippen LogP contribution in [0.4, 0.5) is 8.78 Å². The van der Waals surface area contributed by atoms with Crippen molar-refractivity contribution in [3.8, 4) is 0 Å². The maximum absolute atomic E-state index is 13.8. The number of hydrogen-bond acceptors (Lipinski definition) is 3. The first kappa shape index (κ1) is 18.0. The van der Waals surface area contributed by atoms with Crippen molar-refractivity contribution in [3.05, 3.63) is 29.3 Å². The van der Waals surface area contributed by atoms with Gasteiger partial charge in [-0.1, -0.05) is 20.3 Å². The van der Waals surface area contributed by atoms with Crippen LogP contribution in [0.15, 0.2) is 17.0 Å². The Kier molecular flexibility index (Phi) is 6.70. The van der Waals surface area contributed by atoms with E-state index in [0.717, 1.165) is 12.5 Å². The Hall–Kier alpha value is -1.05. The van der Waals surface area contributed by atoms with E-state index in [1.54, 1.807) is 6.92 Å². The summed E-state index contributed by atoms with van der Waals surface area (Å²) in [6.07, 6.45) is 1.42. The summed E-state index contributed by atoms with van der Waals surface area (Å²) in [7, 11) is -4.08. The molecule has 21 heavy (non-hydrogen) atoms. The van der Waals surface area contributed by atoms with Gasteiger partial charge in [-0.25, -0.2) is 21.9 Å². The Morgan fingerprint density at radius 3 is 2.48 bits per heavy atom. The highest BCUT2D eigenvalue weighted by molar-refractivity contribution is 7.89. The molecule has 0 saturated carbocycles. The molecule has 0 spiro atoms. The molecule has 2 N–H and O–H groups in total. The molecule has 1 aromatic carbocycles. The summed E-state index contributed by atoms with van der Waals surface area (Å²) < 4.78 is 54.1. The Bertz CT molecular complexity index is 577. The van der Waals surface area contributed by atoms with Gasteiger partial charge in [-0.2, -0.15) is 0 Å². The molecule has 0 aliphatic heterocycles. The van der Waals surface area contributed by atoms with Crippen LogP contribution in [-0.2, 0) is 16.6 Å². The summed E-state index contributed by atoms with van der Waals surface area (Å²) in [5, 5.41) is 2.95. The maximum Gasteiger partial charge on any atom is 0.243 e. The monoisotopic (exact) mass is 320 g/mol. The van der Waals surface area contributed by atoms with Crippen molar-refractivity contribution < 1.29 is 17.2 Å². The molecule has 1 atom stereocenters. The van der Waals surface area contributed by atoms with Gasteiger partial charge >= 0.3 is 0 Å². The van der Waals surface area contributed by atoms with Crippen molar-refractivity contribution in [2.75, 3.05) is 6.54 Å². The van der Waals surface area contributed by atoms with Gasteiger partial charge in [0, 0.05) is 12.6 Å². The van der Waals surface area contributed by atoms with Crippen LogP contribution in [-0.4, -0.2) is 21.0 Å². The Morgan fingerprint density at radius 1 is 1.24 bits per heavy atom. The number of halogens is 2. The summed E-state index contributed by atoms with van der Waals surface area (Å²) >= 11 is 0. The molecule has 0 amide bonds. The van der Waals surface area contributed by atoms with Crippen LogP contribution in [0.1, 0.15) is 39.2 Å². The topological polar surface area (TPSA) is 58.2 Å². The average Bonchev–Trinajstić information content (AvgIpc) is 2.39. The Morgan fingerprint density at radius 2 is 1.90 bits per heavy atom. The largest absolute Gasteiger partial charge is 0.313 e. The van der Waals surface area contributed by atoms with E-state index in [1.807, 2.05) is 13.8 Å². The molecule has 120 valence electrons. The molecule has 0 aliphatic carbocycles. The van der Waals surface area contributed by atoms with E-state index in [9.17, 15) is 17.2 Å². The third-order valence-electron chi connectivity index (χ3n) is 3.00. The highest BCUT2D eigenvalue weighted by Gasteiger charge is 2.24. The molecule has 0 fully saturated rings. The molecule has 1 aromatic rings. The second-order valence-corrected chi connectivity index (χ2v) is 6.66. The molecule has 7 heteroatoms. The predicted octanol–water partition coefficient (Wildman–Crippen LogP) is 2.54. The minimum Gasteiger partial charge on any atom is -0.313 e. The fraction of sp³-hybridized carbons (Fsp3) is 0.571. The molecule has 0 radical (unpaired) electrons. The lowest BCUT2D eigenvalue weighted by Crippen LogP contribution is -2.33. The third kappa shape index (κ3) is 5.01. The molecule has 0 aromatic heterocycles. The molecule has 1 unspecified atom stereocenters. The van der Waals surface area contributed by atoms with Crippen LogP contribution < -0.4 is 10.0 Å². The fourth-order valence-electron chi connectivity index (χ4n) is 2.00. The molecule has 0 heterocycles. The summed E-state index contributed by atoms with van der Waals surface area (Å²) in [4.78, 5) is -0.640. The first-order valence-corrected chi connectivity index (χ1v) is 8.51. The second kappa shape index (κ2) is 7.82. The number of benzene rings is 1. The summed E-state index contributed by atoms with van der Waals surface area (Å²) in [6.45, 7) is 6.40. The van der Waals surface area contributed by atoms with Crippen molar-refractivity contribution in [1.29, 1.82) is 0 Å². The van der Waals surface area contributed by atoms with Crippen LogP contribution in [0, 0.1) is 11.6 Å². The third-order valence-corrected chi connectivity index (χ3v) is 4.59. The van der Waals surface area contributed by atoms with Crippen LogP contribution in [0.3, 0.4) is 0 Å². The van der Waals surface area contributed by atoms with Gasteiger partial charge in [0.25, 0.3) is 0 Å². The zero-order valence-electron chi connectivity index (χ0n) is 12.5. The van der Waals surface area contributed by atoms with E-state index in [0.29, 0.717) is 18.5 Å². The minimum atomic E-state index is -4.08. The van der Waals surface area contributed by atoms with Crippen LogP contribution in [0.2, 0.25) is 0 Å². The number of hydrogen-bond donors (Lipinski definition) is 2. The highest BCUT2D eigenvalue weighted by atomic mass is 32.2. The molecular formula is C14H22F2N2O2S. The predicted molar refractivity (Wildman–Crippen MR) is 78.4 cm³/mol. The molecule has 0 saturated heterocycles. The average molecular weight is 320 g/mol. The maximum atomic E-state index is 13.8. The molecule has 0 bridgehead atoms. The Labute approximate surface area is 125 Å². The zero-order chi connectivity index (χ0) is 16.0. The normalized spacial score (nSPS) is 13.4. The highest BCUT2D eigenvalue weighted by Crippen LogP contribution is 2.20. The van der Waals surface area contributed by atoms with E-state index < -0.39 is 26.6 Å². The first-order valence-electron chi connectivity index (χ1n) is 7.02. The second-order valence-electron chi connectivity index (χ2n) is 4.98. The molecule has 4 nitrogen and oxygen atoms in total. The molecular weight excluding hydrogens is 298 g/mol. The van der Waals surface area contributed by atoms with Gasteiger partial charge in [0.15, 0.2) is 11.6 Å². The van der Waals surface area contributed by atoms with Gasteiger partial charge in [-0.15, -0.1) is 0 Å². The van der Waals surface area contributed by atoms with Crippen LogP contribution in [0.5, 0.6) is 0 Å². The lowest BCUT2D eigenvalue weighted by Gasteiger charge is -2.15. The van der Waals surface area contributed by atoms with Crippen molar-refractivity contribution in [2.24, 2.45) is 0 Å². The van der Waals surface area contributed by atoms with E-state index in [1.165, 1.54) is 6.07 Å². The lowest BCUT2D eigenvalue weighted by molar-refractivity contribution is 0.477. The van der Waals surface area contributed by atoms with E-state index in [2.05, 4.69) is 10.0 Å². The SMILES string of the molecule is CCCC(C)NS(=O)(=O)c1cc(CNCC)cc(F)c1F. The Balaban J connectivity index is 3.12. The lowest BCUT2D eigenvalue weighted by atomic mass is 10.2. The van der Waals surface area contributed by atoms with Gasteiger partial charge in [-0.3, -0.25) is 0 Å². The van der Waals surface area contributed by atoms with Crippen LogP contribution in [0.25, 0.3) is 0 Å². The summed E-state index contributed by atoms with van der Waals surface area (Å²) in [6, 6.07) is 1.84. The smallest absolute Gasteiger partial charge is 0.243 e. The van der Waals surface area contributed by atoms with Gasteiger partial charge in [0.05, 0.1) is 0 Å². The van der Waals surface area contributed by atoms with Crippen molar-refractivity contribution in [3.63, 3.8) is 0 Å². The quantitative estimate of drug-likeness (QED) is 0.774. The number of rotatable bonds is 8. The van der Waals surface area contributed by atoms with Crippen molar-refractivity contribution in [1.82, 2.24) is 10.0 Å². The van der Waals surface area contributed by atoms with Crippen LogP contribution >= 0.6 is 0 Å². The zero-order valence-corrected chi connectivity index (χ0v) is 13.4.